The highest BCUT2D eigenvalue weighted by atomic mass is 32.2. The monoisotopic (exact) mass is 396 g/mol. The smallest absolute Gasteiger partial charge is 0.223 e. The first kappa shape index (κ1) is 18.7. The molecule has 0 aliphatic carbocycles. The van der Waals surface area contributed by atoms with Gasteiger partial charge in [-0.05, 0) is 44.0 Å². The van der Waals surface area contributed by atoms with Crippen molar-refractivity contribution < 1.29 is 4.79 Å². The molecule has 1 aromatic carbocycles. The average molecular weight is 397 g/mol. The van der Waals surface area contributed by atoms with Gasteiger partial charge in [0.1, 0.15) is 12.1 Å². The molecule has 4 rings (SSSR count). The predicted molar refractivity (Wildman–Crippen MR) is 111 cm³/mol. The van der Waals surface area contributed by atoms with Gasteiger partial charge in [-0.1, -0.05) is 17.7 Å². The number of benzene rings is 1. The fourth-order valence-electron chi connectivity index (χ4n) is 3.38. The number of piperidine rings is 1. The second-order valence-electron chi connectivity index (χ2n) is 7.04. The number of thioether (sulfide) groups is 1. The number of fused-ring (bicyclic) bond motifs is 1. The molecule has 0 unspecified atom stereocenters. The first-order valence-electron chi connectivity index (χ1n) is 9.58. The van der Waals surface area contributed by atoms with Gasteiger partial charge in [0.2, 0.25) is 5.91 Å². The van der Waals surface area contributed by atoms with Gasteiger partial charge in [0, 0.05) is 36.2 Å². The fraction of sp³-hybridized carbons (Fsp3) is 0.400. The van der Waals surface area contributed by atoms with E-state index in [1.165, 1.54) is 10.5 Å². The average Bonchev–Trinajstić information content (AvgIpc) is 3.20. The number of rotatable bonds is 6. The Morgan fingerprint density at radius 3 is 2.75 bits per heavy atom. The number of aryl methyl sites for hydroxylation is 1. The van der Waals surface area contributed by atoms with Gasteiger partial charge in [-0.25, -0.2) is 0 Å². The van der Waals surface area contributed by atoms with E-state index >= 15 is 0 Å². The Hall–Kier alpha value is -2.61. The lowest BCUT2D eigenvalue weighted by molar-refractivity contribution is -0.125. The van der Waals surface area contributed by atoms with E-state index in [0.717, 1.165) is 43.1 Å². The predicted octanol–water partition coefficient (Wildman–Crippen LogP) is 2.56. The van der Waals surface area contributed by atoms with Crippen LogP contribution in [0.25, 0.3) is 5.65 Å². The van der Waals surface area contributed by atoms with Crippen molar-refractivity contribution in [2.45, 2.75) is 24.7 Å². The lowest BCUT2D eigenvalue weighted by Crippen LogP contribution is -2.41. The maximum atomic E-state index is 12.5. The summed E-state index contributed by atoms with van der Waals surface area (Å²) in [4.78, 5) is 15.9. The quantitative estimate of drug-likeness (QED) is 0.510. The number of anilines is 1. The Kier molecular flexibility index (Phi) is 5.76. The normalized spacial score (nSPS) is 15.1. The molecule has 3 aromatic rings. The summed E-state index contributed by atoms with van der Waals surface area (Å²) in [6.07, 6.45) is 3.30. The van der Waals surface area contributed by atoms with Gasteiger partial charge >= 0.3 is 0 Å². The van der Waals surface area contributed by atoms with Gasteiger partial charge in [-0.3, -0.25) is 4.79 Å². The van der Waals surface area contributed by atoms with Gasteiger partial charge in [0.25, 0.3) is 0 Å². The van der Waals surface area contributed by atoms with Gasteiger partial charge < -0.3 is 10.2 Å². The molecule has 7 nitrogen and oxygen atoms in total. The van der Waals surface area contributed by atoms with Crippen molar-refractivity contribution in [2.24, 2.45) is 5.92 Å². The number of nitrogens with one attached hydrogen (secondary N) is 1. The van der Waals surface area contributed by atoms with Crippen molar-refractivity contribution in [3.8, 4) is 0 Å². The topological polar surface area (TPSA) is 75.4 Å². The molecule has 28 heavy (non-hydrogen) atoms. The number of hydrogen-bond donors (Lipinski definition) is 1. The fourth-order valence-corrected chi connectivity index (χ4v) is 4.15. The first-order valence-corrected chi connectivity index (χ1v) is 10.6. The molecule has 0 spiro atoms. The molecule has 0 atom stereocenters. The minimum atomic E-state index is 0.0827. The molecule has 1 saturated heterocycles. The number of amides is 1. The van der Waals surface area contributed by atoms with E-state index in [2.05, 4.69) is 56.7 Å². The largest absolute Gasteiger partial charge is 0.355 e. The zero-order valence-corrected chi connectivity index (χ0v) is 16.7. The molecule has 1 amide bonds. The van der Waals surface area contributed by atoms with E-state index in [9.17, 15) is 4.79 Å². The van der Waals surface area contributed by atoms with E-state index in [1.807, 2.05) is 12.1 Å². The molecule has 146 valence electrons. The zero-order chi connectivity index (χ0) is 19.3. The van der Waals surface area contributed by atoms with Crippen LogP contribution in [-0.4, -0.2) is 51.1 Å². The van der Waals surface area contributed by atoms with E-state index in [0.29, 0.717) is 6.54 Å². The molecular weight excluding hydrogens is 372 g/mol. The van der Waals surface area contributed by atoms with Crippen LogP contribution in [0.2, 0.25) is 0 Å². The van der Waals surface area contributed by atoms with Crippen LogP contribution in [0.15, 0.2) is 47.6 Å². The van der Waals surface area contributed by atoms with Crippen molar-refractivity contribution in [3.05, 3.63) is 48.3 Å². The summed E-state index contributed by atoms with van der Waals surface area (Å²) in [5, 5.41) is 15.5. The van der Waals surface area contributed by atoms with Crippen LogP contribution in [-0.2, 0) is 4.79 Å². The Morgan fingerprint density at radius 2 is 1.96 bits per heavy atom. The first-order chi connectivity index (χ1) is 13.7. The maximum Gasteiger partial charge on any atom is 0.223 e. The van der Waals surface area contributed by atoms with Crippen LogP contribution in [0.4, 0.5) is 5.82 Å². The molecule has 1 aliphatic heterocycles. The number of hydrogen-bond acceptors (Lipinski definition) is 6. The molecule has 3 heterocycles. The van der Waals surface area contributed by atoms with Gasteiger partial charge in [-0.15, -0.1) is 27.1 Å². The molecule has 1 N–H and O–H groups in total. The van der Waals surface area contributed by atoms with Crippen molar-refractivity contribution in [1.82, 2.24) is 25.1 Å². The van der Waals surface area contributed by atoms with Gasteiger partial charge in [0.05, 0.1) is 0 Å². The molecule has 1 fully saturated rings. The molecule has 1 aliphatic rings. The van der Waals surface area contributed by atoms with Crippen molar-refractivity contribution in [1.29, 1.82) is 0 Å². The maximum absolute atomic E-state index is 12.5. The van der Waals surface area contributed by atoms with Crippen LogP contribution in [0.1, 0.15) is 18.4 Å². The second kappa shape index (κ2) is 8.60. The molecule has 0 bridgehead atoms. The summed E-state index contributed by atoms with van der Waals surface area (Å²) in [7, 11) is 0. The third kappa shape index (κ3) is 4.44. The van der Waals surface area contributed by atoms with Crippen LogP contribution in [0.5, 0.6) is 0 Å². The number of nitrogens with zero attached hydrogens (tertiary/aromatic N) is 5. The molecule has 0 saturated carbocycles. The number of carbonyl (C=O) groups is 1. The van der Waals surface area contributed by atoms with Crippen LogP contribution in [0.3, 0.4) is 0 Å². The Labute approximate surface area is 168 Å². The Balaban J connectivity index is 1.20. The van der Waals surface area contributed by atoms with Crippen LogP contribution < -0.4 is 10.2 Å². The summed E-state index contributed by atoms with van der Waals surface area (Å²) in [5.74, 6) is 2.04. The molecule has 2 aromatic heterocycles. The zero-order valence-electron chi connectivity index (χ0n) is 15.9. The van der Waals surface area contributed by atoms with E-state index in [4.69, 9.17) is 0 Å². The molecule has 0 radical (unpaired) electrons. The lowest BCUT2D eigenvalue weighted by atomic mass is 9.96. The summed E-state index contributed by atoms with van der Waals surface area (Å²) in [6.45, 7) is 4.44. The van der Waals surface area contributed by atoms with Gasteiger partial charge in [-0.2, -0.15) is 4.52 Å². The lowest BCUT2D eigenvalue weighted by Gasteiger charge is -2.32. The van der Waals surface area contributed by atoms with Gasteiger partial charge in [0.15, 0.2) is 5.65 Å². The molecule has 8 heteroatoms. The summed E-state index contributed by atoms with van der Waals surface area (Å²) >= 11 is 1.77. The number of aromatic nitrogens is 4. The second-order valence-corrected chi connectivity index (χ2v) is 8.21. The standard InChI is InChI=1S/C20H24N6OS/c1-15-2-4-17(5-3-15)28-13-10-21-20(27)16-8-11-25(12-9-16)19-7-6-18-23-22-14-26(18)24-19/h2-7,14,16H,8-13H2,1H3,(H,21,27). The summed E-state index contributed by atoms with van der Waals surface area (Å²) in [5.41, 5.74) is 2.00. The number of carbonyl (C=O) groups excluding carboxylic acids is 1. The third-order valence-electron chi connectivity index (χ3n) is 5.03. The van der Waals surface area contributed by atoms with Crippen molar-refractivity contribution in [3.63, 3.8) is 0 Å². The summed E-state index contributed by atoms with van der Waals surface area (Å²) < 4.78 is 1.68. The molecular formula is C20H24N6OS. The highest BCUT2D eigenvalue weighted by Gasteiger charge is 2.25. The Bertz CT molecular complexity index is 933. The highest BCUT2D eigenvalue weighted by molar-refractivity contribution is 7.99. The SMILES string of the molecule is Cc1ccc(SCCNC(=O)C2CCN(c3ccc4nncn4n3)CC2)cc1. The van der Waals surface area contributed by atoms with Crippen molar-refractivity contribution >= 4 is 29.1 Å². The Morgan fingerprint density at radius 1 is 1.18 bits per heavy atom. The van der Waals surface area contributed by atoms with E-state index in [1.54, 1.807) is 22.6 Å². The summed E-state index contributed by atoms with van der Waals surface area (Å²) in [6, 6.07) is 12.4. The third-order valence-corrected chi connectivity index (χ3v) is 6.04. The van der Waals surface area contributed by atoms with E-state index in [-0.39, 0.29) is 11.8 Å². The van der Waals surface area contributed by atoms with Crippen LogP contribution in [0, 0.1) is 12.8 Å². The van der Waals surface area contributed by atoms with E-state index < -0.39 is 0 Å². The van der Waals surface area contributed by atoms with Crippen LogP contribution >= 0.6 is 11.8 Å². The minimum Gasteiger partial charge on any atom is -0.355 e. The minimum absolute atomic E-state index is 0.0827. The van der Waals surface area contributed by atoms with Crippen molar-refractivity contribution in [2.75, 3.05) is 30.3 Å². The highest BCUT2D eigenvalue weighted by Crippen LogP contribution is 2.22.